The van der Waals surface area contributed by atoms with Crippen LogP contribution >= 0.6 is 11.8 Å². The molecule has 6 nitrogen and oxygen atoms in total. The van der Waals surface area contributed by atoms with Crippen molar-refractivity contribution in [3.05, 3.63) is 0 Å². The van der Waals surface area contributed by atoms with Crippen molar-refractivity contribution < 1.29 is 4.79 Å². The molecule has 0 aromatic rings. The molecule has 3 heterocycles. The minimum atomic E-state index is -0.136. The molecular weight excluding hydrogens is 346 g/mol. The van der Waals surface area contributed by atoms with E-state index in [-0.39, 0.29) is 17.3 Å². The van der Waals surface area contributed by atoms with Crippen molar-refractivity contribution in [3.8, 4) is 6.19 Å². The number of carbonyl (C=O) groups is 1. The summed E-state index contributed by atoms with van der Waals surface area (Å²) < 4.78 is 0. The highest BCUT2D eigenvalue weighted by Gasteiger charge is 2.46. The lowest BCUT2D eigenvalue weighted by Crippen LogP contribution is -2.65. The Kier molecular flexibility index (Phi) is 5.10. The molecule has 4 atom stereocenters. The van der Waals surface area contributed by atoms with Crippen LogP contribution in [0.2, 0.25) is 0 Å². The summed E-state index contributed by atoms with van der Waals surface area (Å²) in [5.41, 5.74) is 0.386. The molecule has 1 saturated carbocycles. The average Bonchev–Trinajstić information content (AvgIpc) is 3.11. The van der Waals surface area contributed by atoms with Gasteiger partial charge in [0.15, 0.2) is 6.19 Å². The third-order valence-electron chi connectivity index (χ3n) is 6.93. The standard InChI is InChI=1S/C19H31N5OS/c1-19(2)6-4-3-5-14(19)17-21-11-16(26-17)24-10-9-23-8-7-22(13-20)12-15(23)18(24)25/h14-17,21H,3-12H2,1-2H3/t14-,15+,16?,17?/m0/s1. The Balaban J connectivity index is 1.41. The molecule has 1 N–H and O–H groups in total. The van der Waals surface area contributed by atoms with Crippen molar-refractivity contribution in [3.63, 3.8) is 0 Å². The molecule has 0 bridgehead atoms. The second-order valence-corrected chi connectivity index (χ2v) is 10.2. The molecule has 0 radical (unpaired) electrons. The third-order valence-corrected chi connectivity index (χ3v) is 8.45. The van der Waals surface area contributed by atoms with E-state index in [4.69, 9.17) is 0 Å². The molecule has 3 aliphatic heterocycles. The normalized spacial score (nSPS) is 38.1. The summed E-state index contributed by atoms with van der Waals surface area (Å²) in [4.78, 5) is 19.2. The molecule has 4 rings (SSSR count). The van der Waals surface area contributed by atoms with Crippen molar-refractivity contribution in [1.29, 1.82) is 5.26 Å². The molecule has 0 aromatic heterocycles. The number of nitrogens with zero attached hydrogens (tertiary/aromatic N) is 4. The van der Waals surface area contributed by atoms with Crippen LogP contribution in [0.5, 0.6) is 0 Å². The zero-order valence-corrected chi connectivity index (χ0v) is 16.8. The summed E-state index contributed by atoms with van der Waals surface area (Å²) in [6.45, 7) is 9.60. The molecule has 0 aromatic carbocycles. The van der Waals surface area contributed by atoms with Crippen molar-refractivity contribution >= 4 is 17.7 Å². The van der Waals surface area contributed by atoms with Gasteiger partial charge < -0.3 is 15.1 Å². The largest absolute Gasteiger partial charge is 0.327 e. The summed E-state index contributed by atoms with van der Waals surface area (Å²) in [6.07, 6.45) is 7.51. The number of piperazine rings is 2. The van der Waals surface area contributed by atoms with Gasteiger partial charge in [-0.05, 0) is 24.2 Å². The van der Waals surface area contributed by atoms with Crippen LogP contribution in [0.3, 0.4) is 0 Å². The van der Waals surface area contributed by atoms with E-state index in [1.807, 2.05) is 11.8 Å². The monoisotopic (exact) mass is 377 g/mol. The van der Waals surface area contributed by atoms with Gasteiger partial charge in [-0.1, -0.05) is 26.7 Å². The van der Waals surface area contributed by atoms with Gasteiger partial charge in [-0.15, -0.1) is 11.8 Å². The van der Waals surface area contributed by atoms with Crippen LogP contribution in [0, 0.1) is 22.8 Å². The van der Waals surface area contributed by atoms with E-state index in [9.17, 15) is 10.1 Å². The van der Waals surface area contributed by atoms with Crippen molar-refractivity contribution in [2.45, 2.75) is 56.3 Å². The number of nitriles is 1. The summed E-state index contributed by atoms with van der Waals surface area (Å²) in [5, 5.41) is 13.6. The average molecular weight is 378 g/mol. The molecule has 1 amide bonds. The van der Waals surface area contributed by atoms with Crippen LogP contribution in [-0.2, 0) is 4.79 Å². The van der Waals surface area contributed by atoms with Crippen LogP contribution in [-0.4, -0.2) is 76.7 Å². The van der Waals surface area contributed by atoms with Gasteiger partial charge in [-0.25, -0.2) is 0 Å². The zero-order chi connectivity index (χ0) is 18.3. The van der Waals surface area contributed by atoms with Gasteiger partial charge in [-0.2, -0.15) is 5.26 Å². The minimum absolute atomic E-state index is 0.136. The quantitative estimate of drug-likeness (QED) is 0.736. The number of rotatable bonds is 2. The number of hydrogen-bond acceptors (Lipinski definition) is 6. The van der Waals surface area contributed by atoms with Crippen molar-refractivity contribution in [2.75, 3.05) is 39.3 Å². The van der Waals surface area contributed by atoms with E-state index in [2.05, 4.69) is 35.2 Å². The van der Waals surface area contributed by atoms with Gasteiger partial charge in [0.05, 0.1) is 17.3 Å². The first-order valence-electron chi connectivity index (χ1n) is 10.1. The fraction of sp³-hybridized carbons (Fsp3) is 0.895. The van der Waals surface area contributed by atoms with E-state index in [1.54, 1.807) is 4.90 Å². The molecular formula is C19H31N5OS. The van der Waals surface area contributed by atoms with E-state index >= 15 is 0 Å². The Morgan fingerprint density at radius 3 is 2.81 bits per heavy atom. The molecule has 3 saturated heterocycles. The van der Waals surface area contributed by atoms with E-state index in [0.717, 1.165) is 32.7 Å². The van der Waals surface area contributed by atoms with Crippen LogP contribution in [0.1, 0.15) is 39.5 Å². The van der Waals surface area contributed by atoms with Gasteiger partial charge in [0, 0.05) is 32.7 Å². The molecule has 4 fully saturated rings. The summed E-state index contributed by atoms with van der Waals surface area (Å²) in [5.74, 6) is 0.908. The summed E-state index contributed by atoms with van der Waals surface area (Å²) in [7, 11) is 0. The first-order valence-corrected chi connectivity index (χ1v) is 11.0. The molecule has 7 heteroatoms. The molecule has 144 valence electrons. The highest BCUT2D eigenvalue weighted by atomic mass is 32.2. The molecule has 4 aliphatic rings. The SMILES string of the molecule is CC1(C)CCCC[C@H]1C1NCC(N2CCN3CCN(C#N)C[C@@H]3C2=O)S1. The topological polar surface area (TPSA) is 62.6 Å². The summed E-state index contributed by atoms with van der Waals surface area (Å²) in [6, 6.07) is -0.136. The Morgan fingerprint density at radius 2 is 2.04 bits per heavy atom. The molecule has 0 spiro atoms. The second-order valence-electron chi connectivity index (χ2n) is 8.89. The summed E-state index contributed by atoms with van der Waals surface area (Å²) >= 11 is 1.97. The van der Waals surface area contributed by atoms with E-state index in [1.165, 1.54) is 25.7 Å². The predicted molar refractivity (Wildman–Crippen MR) is 103 cm³/mol. The van der Waals surface area contributed by atoms with Crippen LogP contribution < -0.4 is 5.32 Å². The van der Waals surface area contributed by atoms with E-state index in [0.29, 0.717) is 23.3 Å². The Bertz CT molecular complexity index is 591. The van der Waals surface area contributed by atoms with E-state index < -0.39 is 0 Å². The fourth-order valence-corrected chi connectivity index (χ4v) is 7.00. The second kappa shape index (κ2) is 7.21. The third kappa shape index (κ3) is 3.32. The lowest BCUT2D eigenvalue weighted by Gasteiger charge is -2.46. The molecule has 2 unspecified atom stereocenters. The number of nitrogens with one attached hydrogen (secondary N) is 1. The maximum atomic E-state index is 13.1. The first kappa shape index (κ1) is 18.4. The molecule has 1 aliphatic carbocycles. The lowest BCUT2D eigenvalue weighted by molar-refractivity contribution is -0.144. The number of fused-ring (bicyclic) bond motifs is 1. The maximum absolute atomic E-state index is 13.1. The first-order chi connectivity index (χ1) is 12.5. The van der Waals surface area contributed by atoms with Gasteiger partial charge in [0.1, 0.15) is 6.04 Å². The Morgan fingerprint density at radius 1 is 1.23 bits per heavy atom. The zero-order valence-electron chi connectivity index (χ0n) is 16.0. The smallest absolute Gasteiger partial charge is 0.242 e. The lowest BCUT2D eigenvalue weighted by atomic mass is 9.68. The minimum Gasteiger partial charge on any atom is -0.327 e. The predicted octanol–water partition coefficient (Wildman–Crippen LogP) is 1.50. The van der Waals surface area contributed by atoms with Crippen LogP contribution in [0.4, 0.5) is 0 Å². The number of hydrogen-bond donors (Lipinski definition) is 1. The molecule has 26 heavy (non-hydrogen) atoms. The fourth-order valence-electron chi connectivity index (χ4n) is 5.22. The Hall–Kier alpha value is -0.970. The van der Waals surface area contributed by atoms with Gasteiger partial charge in [0.2, 0.25) is 5.91 Å². The van der Waals surface area contributed by atoms with Crippen molar-refractivity contribution in [1.82, 2.24) is 20.0 Å². The highest BCUT2D eigenvalue weighted by Crippen LogP contribution is 2.47. The van der Waals surface area contributed by atoms with Gasteiger partial charge in [0.25, 0.3) is 0 Å². The number of amides is 1. The maximum Gasteiger partial charge on any atom is 0.242 e. The number of carbonyl (C=O) groups excluding carboxylic acids is 1. The van der Waals surface area contributed by atoms with Crippen molar-refractivity contribution in [2.24, 2.45) is 11.3 Å². The van der Waals surface area contributed by atoms with Gasteiger partial charge >= 0.3 is 0 Å². The van der Waals surface area contributed by atoms with Crippen LogP contribution in [0.25, 0.3) is 0 Å². The number of thioether (sulfide) groups is 1. The Labute approximate surface area is 161 Å². The van der Waals surface area contributed by atoms with Gasteiger partial charge in [-0.3, -0.25) is 9.69 Å². The van der Waals surface area contributed by atoms with Crippen LogP contribution in [0.15, 0.2) is 0 Å². The highest BCUT2D eigenvalue weighted by molar-refractivity contribution is 8.00.